The summed E-state index contributed by atoms with van der Waals surface area (Å²) in [5, 5.41) is 5.10. The lowest BCUT2D eigenvalue weighted by Gasteiger charge is -2.18. The number of hydrogen-bond donors (Lipinski definition) is 2. The number of ether oxygens (including phenoxy) is 1. The van der Waals surface area contributed by atoms with E-state index in [1.807, 2.05) is 4.90 Å². The number of aromatic nitrogens is 2. The maximum atomic E-state index is 13.5. The largest absolute Gasteiger partial charge is 0.453 e. The molecule has 0 bridgehead atoms. The van der Waals surface area contributed by atoms with Crippen molar-refractivity contribution >= 4 is 23.5 Å². The Kier molecular flexibility index (Phi) is 6.39. The number of hydrogen-bond acceptors (Lipinski definition) is 7. The number of anilines is 2. The first-order valence-electron chi connectivity index (χ1n) is 10.2. The maximum absolute atomic E-state index is 13.5. The van der Waals surface area contributed by atoms with Crippen molar-refractivity contribution in [2.45, 2.75) is 18.6 Å². The molecule has 0 radical (unpaired) electrons. The number of pyridine rings is 1. The molecule has 1 atom stereocenters. The van der Waals surface area contributed by atoms with Gasteiger partial charge in [-0.05, 0) is 30.7 Å². The number of amides is 2. The van der Waals surface area contributed by atoms with Gasteiger partial charge in [0, 0.05) is 18.7 Å². The van der Waals surface area contributed by atoms with Crippen molar-refractivity contribution in [2.24, 2.45) is 0 Å². The van der Waals surface area contributed by atoms with Crippen molar-refractivity contribution in [1.82, 2.24) is 15.3 Å². The van der Waals surface area contributed by atoms with E-state index < -0.39 is 29.6 Å². The van der Waals surface area contributed by atoms with Gasteiger partial charge in [-0.2, -0.15) is 13.2 Å². The Hall–Kier alpha value is -4.09. The van der Waals surface area contributed by atoms with Crippen molar-refractivity contribution in [3.63, 3.8) is 0 Å². The highest BCUT2D eigenvalue weighted by Crippen LogP contribution is 2.35. The number of alkyl carbamates (subject to hydrolysis) is 1. The summed E-state index contributed by atoms with van der Waals surface area (Å²) >= 11 is 0. The molecule has 12 heteroatoms. The fraction of sp³-hybridized carbons (Fsp3) is 0.273. The summed E-state index contributed by atoms with van der Waals surface area (Å²) in [5.41, 5.74) is -0.370. The Morgan fingerprint density at radius 2 is 1.94 bits per heavy atom. The van der Waals surface area contributed by atoms with E-state index in [0.717, 1.165) is 0 Å². The first-order chi connectivity index (χ1) is 16.2. The zero-order chi connectivity index (χ0) is 24.3. The number of carbonyl (C=O) groups excluding carboxylic acids is 2. The van der Waals surface area contributed by atoms with Gasteiger partial charge in [0.1, 0.15) is 5.82 Å². The van der Waals surface area contributed by atoms with Crippen molar-refractivity contribution in [2.75, 3.05) is 30.4 Å². The fourth-order valence-corrected chi connectivity index (χ4v) is 3.52. The molecule has 3 aromatic rings. The molecule has 0 aliphatic carbocycles. The first kappa shape index (κ1) is 23.1. The summed E-state index contributed by atoms with van der Waals surface area (Å²) in [4.78, 5) is 34.0. The van der Waals surface area contributed by atoms with Crippen LogP contribution in [0.15, 0.2) is 53.1 Å². The molecule has 2 aromatic heterocycles. The molecule has 1 fully saturated rings. The third-order valence-electron chi connectivity index (χ3n) is 5.15. The molecule has 1 saturated heterocycles. The Morgan fingerprint density at radius 1 is 1.18 bits per heavy atom. The van der Waals surface area contributed by atoms with Crippen LogP contribution >= 0.6 is 0 Å². The molecule has 3 heterocycles. The molecule has 1 unspecified atom stereocenters. The van der Waals surface area contributed by atoms with E-state index in [2.05, 4.69) is 25.3 Å². The predicted molar refractivity (Wildman–Crippen MR) is 115 cm³/mol. The minimum Gasteiger partial charge on any atom is -0.453 e. The number of halogens is 3. The van der Waals surface area contributed by atoms with Crippen LogP contribution in [0.2, 0.25) is 0 Å². The number of benzene rings is 1. The fourth-order valence-electron chi connectivity index (χ4n) is 3.52. The molecule has 1 aliphatic rings. The van der Waals surface area contributed by atoms with E-state index in [-0.39, 0.29) is 17.6 Å². The lowest BCUT2D eigenvalue weighted by atomic mass is 10.2. The zero-order valence-electron chi connectivity index (χ0n) is 17.9. The van der Waals surface area contributed by atoms with Crippen molar-refractivity contribution in [1.29, 1.82) is 0 Å². The molecule has 0 saturated carbocycles. The molecule has 0 spiro atoms. The van der Waals surface area contributed by atoms with Gasteiger partial charge in [0.25, 0.3) is 5.91 Å². The van der Waals surface area contributed by atoms with Crippen LogP contribution in [0.3, 0.4) is 0 Å². The van der Waals surface area contributed by atoms with Crippen LogP contribution < -0.4 is 15.5 Å². The summed E-state index contributed by atoms with van der Waals surface area (Å²) in [7, 11) is 1.29. The normalized spacial score (nSPS) is 15.8. The van der Waals surface area contributed by atoms with Gasteiger partial charge in [0.2, 0.25) is 11.7 Å². The predicted octanol–water partition coefficient (Wildman–Crippen LogP) is 3.94. The Labute approximate surface area is 191 Å². The van der Waals surface area contributed by atoms with E-state index in [1.165, 1.54) is 31.5 Å². The van der Waals surface area contributed by atoms with Crippen molar-refractivity contribution in [3.8, 4) is 11.5 Å². The van der Waals surface area contributed by atoms with E-state index >= 15 is 0 Å². The third-order valence-corrected chi connectivity index (χ3v) is 5.15. The zero-order valence-corrected chi connectivity index (χ0v) is 17.9. The number of alkyl halides is 3. The van der Waals surface area contributed by atoms with Gasteiger partial charge in [0.15, 0.2) is 5.69 Å². The molecule has 2 N–H and O–H groups in total. The smallest absolute Gasteiger partial charge is 0.452 e. The molecule has 1 aromatic carbocycles. The topological polar surface area (TPSA) is 110 Å². The van der Waals surface area contributed by atoms with E-state index in [4.69, 9.17) is 4.42 Å². The van der Waals surface area contributed by atoms with Crippen molar-refractivity contribution < 1.29 is 31.9 Å². The number of carbonyl (C=O) groups is 2. The quantitative estimate of drug-likeness (QED) is 0.575. The molecule has 2 amide bonds. The maximum Gasteiger partial charge on any atom is 0.452 e. The number of rotatable bonds is 5. The van der Waals surface area contributed by atoms with Crippen LogP contribution in [-0.2, 0) is 10.9 Å². The summed E-state index contributed by atoms with van der Waals surface area (Å²) in [6.45, 7) is 1.16. The van der Waals surface area contributed by atoms with Gasteiger partial charge >= 0.3 is 12.3 Å². The van der Waals surface area contributed by atoms with Gasteiger partial charge in [-0.15, -0.1) is 0 Å². The second kappa shape index (κ2) is 9.41. The summed E-state index contributed by atoms with van der Waals surface area (Å²) < 4.78 is 49.9. The SMILES string of the molecule is COC(=O)NC1CCN(c2ccc(NC(=O)c3nc(-c4ccccc4)oc3C(F)(F)F)cn2)C1. The Morgan fingerprint density at radius 3 is 2.59 bits per heavy atom. The second-order valence-corrected chi connectivity index (χ2v) is 7.49. The highest BCUT2D eigenvalue weighted by molar-refractivity contribution is 6.04. The van der Waals surface area contributed by atoms with E-state index in [1.54, 1.807) is 24.3 Å². The molecule has 178 valence electrons. The minimum absolute atomic E-state index is 0.0969. The van der Waals surface area contributed by atoms with Gasteiger partial charge in [-0.1, -0.05) is 18.2 Å². The van der Waals surface area contributed by atoms with E-state index in [9.17, 15) is 22.8 Å². The summed E-state index contributed by atoms with van der Waals surface area (Å²) in [5.74, 6) is -2.27. The monoisotopic (exact) mass is 475 g/mol. The number of nitrogens with one attached hydrogen (secondary N) is 2. The lowest BCUT2D eigenvalue weighted by molar-refractivity contribution is -0.153. The van der Waals surface area contributed by atoms with Gasteiger partial charge < -0.3 is 24.7 Å². The molecule has 1 aliphatic heterocycles. The first-order valence-corrected chi connectivity index (χ1v) is 10.2. The molecule has 9 nitrogen and oxygen atoms in total. The number of oxazole rings is 1. The Balaban J connectivity index is 1.47. The minimum atomic E-state index is -4.90. The van der Waals surface area contributed by atoms with Gasteiger partial charge in [0.05, 0.1) is 25.0 Å². The van der Waals surface area contributed by atoms with Crippen LogP contribution in [0.5, 0.6) is 0 Å². The standard InChI is InChI=1S/C22H20F3N5O4/c1-33-21(32)28-15-9-10-30(12-15)16-8-7-14(11-26-16)27-19(31)17-18(22(23,24)25)34-20(29-17)13-5-3-2-4-6-13/h2-8,11,15H,9-10,12H2,1H3,(H,27,31)(H,28,32). The molecular weight excluding hydrogens is 455 g/mol. The van der Waals surface area contributed by atoms with Crippen LogP contribution in [0, 0.1) is 0 Å². The van der Waals surface area contributed by atoms with Crippen LogP contribution in [0.4, 0.5) is 29.5 Å². The van der Waals surface area contributed by atoms with Crippen LogP contribution in [-0.4, -0.2) is 48.2 Å². The number of methoxy groups -OCH3 is 1. The molecule has 34 heavy (non-hydrogen) atoms. The van der Waals surface area contributed by atoms with E-state index in [0.29, 0.717) is 30.9 Å². The Bertz CT molecular complexity index is 1170. The average molecular weight is 475 g/mol. The molecular formula is C22H20F3N5O4. The molecule has 4 rings (SSSR count). The number of nitrogens with zero attached hydrogens (tertiary/aromatic N) is 3. The van der Waals surface area contributed by atoms with Crippen molar-refractivity contribution in [3.05, 3.63) is 60.1 Å². The average Bonchev–Trinajstić information content (AvgIpc) is 3.48. The highest BCUT2D eigenvalue weighted by atomic mass is 19.4. The summed E-state index contributed by atoms with van der Waals surface area (Å²) in [6.07, 6.45) is -3.39. The third kappa shape index (κ3) is 5.11. The lowest BCUT2D eigenvalue weighted by Crippen LogP contribution is -2.37. The van der Waals surface area contributed by atoms with Gasteiger partial charge in [-0.3, -0.25) is 4.79 Å². The van der Waals surface area contributed by atoms with Crippen LogP contribution in [0.25, 0.3) is 11.5 Å². The summed E-state index contributed by atoms with van der Waals surface area (Å²) in [6, 6.07) is 11.0. The highest BCUT2D eigenvalue weighted by Gasteiger charge is 2.42. The van der Waals surface area contributed by atoms with Gasteiger partial charge in [-0.25, -0.2) is 14.8 Å². The van der Waals surface area contributed by atoms with Crippen LogP contribution in [0.1, 0.15) is 22.7 Å². The second-order valence-electron chi connectivity index (χ2n) is 7.49.